The molecule has 158 valence electrons. The highest BCUT2D eigenvalue weighted by Crippen LogP contribution is 2.26. The number of aromatic nitrogens is 2. The van der Waals surface area contributed by atoms with Crippen LogP contribution in [0.5, 0.6) is 0 Å². The number of rotatable bonds is 6. The van der Waals surface area contributed by atoms with Gasteiger partial charge >= 0.3 is 5.97 Å². The smallest absolute Gasteiger partial charge is 0.355 e. The highest BCUT2D eigenvalue weighted by Gasteiger charge is 2.27. The zero-order valence-corrected chi connectivity index (χ0v) is 18.2. The third-order valence-electron chi connectivity index (χ3n) is 5.48. The first-order chi connectivity index (χ1) is 14.1. The average molecular weight is 408 g/mol. The van der Waals surface area contributed by atoms with E-state index in [1.54, 1.807) is 27.7 Å². The van der Waals surface area contributed by atoms with Gasteiger partial charge in [0.2, 0.25) is 5.78 Å². The molecular weight excluding hydrogens is 380 g/mol. The molecule has 3 aromatic rings. The van der Waals surface area contributed by atoms with Gasteiger partial charge in [-0.25, -0.2) is 4.79 Å². The normalized spacial score (nSPS) is 13.2. The van der Waals surface area contributed by atoms with Gasteiger partial charge in [-0.2, -0.15) is 0 Å². The summed E-state index contributed by atoms with van der Waals surface area (Å²) in [6, 6.07) is 11.6. The fourth-order valence-electron chi connectivity index (χ4n) is 4.07. The van der Waals surface area contributed by atoms with Crippen molar-refractivity contribution in [3.8, 4) is 5.69 Å². The topological polar surface area (TPSA) is 84.3 Å². The third-order valence-corrected chi connectivity index (χ3v) is 5.48. The van der Waals surface area contributed by atoms with Gasteiger partial charge in [0.05, 0.1) is 6.10 Å². The molecular formula is C24H28N2O4. The Bertz CT molecular complexity index is 1090. The average Bonchev–Trinajstić information content (AvgIpc) is 3.16. The number of aliphatic hydroxyl groups excluding tert-OH is 1. The van der Waals surface area contributed by atoms with Crippen LogP contribution < -0.4 is 0 Å². The molecule has 0 aliphatic heterocycles. The summed E-state index contributed by atoms with van der Waals surface area (Å²) in [7, 11) is 0. The lowest BCUT2D eigenvalue weighted by molar-refractivity contribution is 0.0312. The van der Waals surface area contributed by atoms with Crippen molar-refractivity contribution in [2.24, 2.45) is 0 Å². The number of benzene rings is 1. The Hall–Kier alpha value is -3.12. The van der Waals surface area contributed by atoms with Crippen LogP contribution in [0, 0.1) is 27.7 Å². The molecule has 30 heavy (non-hydrogen) atoms. The van der Waals surface area contributed by atoms with Gasteiger partial charge < -0.3 is 19.4 Å². The molecule has 0 amide bonds. The van der Waals surface area contributed by atoms with Crippen molar-refractivity contribution in [2.75, 3.05) is 0 Å². The van der Waals surface area contributed by atoms with Crippen molar-refractivity contribution < 1.29 is 19.4 Å². The van der Waals surface area contributed by atoms with Crippen LogP contribution in [0.2, 0.25) is 0 Å². The molecule has 0 fully saturated rings. The monoisotopic (exact) mass is 408 g/mol. The summed E-state index contributed by atoms with van der Waals surface area (Å²) in [5, 5.41) is 9.92. The summed E-state index contributed by atoms with van der Waals surface area (Å²) in [6.07, 6.45) is -1.65. The van der Waals surface area contributed by atoms with Gasteiger partial charge in [0, 0.05) is 33.9 Å². The molecule has 2 heterocycles. The lowest BCUT2D eigenvalue weighted by Gasteiger charge is -2.13. The molecule has 2 aromatic heterocycles. The number of carbonyl (C=O) groups is 2. The number of hydrogen-bond acceptors (Lipinski definition) is 4. The minimum absolute atomic E-state index is 0.254. The molecule has 0 saturated carbocycles. The standard InChI is InChI=1S/C24H28N2O4/c1-13-12-20(16(4)26(13)19-10-8-7-9-11-19)23(28)18(6)30-24(29)22-14(2)21(17(5)27)15(3)25-22/h7-12,17-18,25,27H,1-6H3/t17-,18-/m1/s1. The molecule has 2 atom stereocenters. The number of ether oxygens (including phenoxy) is 1. The summed E-state index contributed by atoms with van der Waals surface area (Å²) in [6.45, 7) is 10.6. The number of para-hydroxylation sites is 1. The van der Waals surface area contributed by atoms with Crippen LogP contribution >= 0.6 is 0 Å². The van der Waals surface area contributed by atoms with Crippen LogP contribution in [0.15, 0.2) is 36.4 Å². The van der Waals surface area contributed by atoms with Gasteiger partial charge in [-0.1, -0.05) is 18.2 Å². The minimum Gasteiger partial charge on any atom is -0.450 e. The molecule has 0 aliphatic rings. The van der Waals surface area contributed by atoms with Gasteiger partial charge in [-0.15, -0.1) is 0 Å². The Morgan fingerprint density at radius 2 is 1.70 bits per heavy atom. The fraction of sp³-hybridized carbons (Fsp3) is 0.333. The molecule has 6 nitrogen and oxygen atoms in total. The number of aromatic amines is 1. The zero-order valence-electron chi connectivity index (χ0n) is 18.2. The SMILES string of the molecule is Cc1[nH]c(C(=O)O[C@H](C)C(=O)c2cc(C)n(-c3ccccc3)c2C)c(C)c1[C@@H](C)O. The number of hydrogen-bond donors (Lipinski definition) is 2. The molecule has 0 radical (unpaired) electrons. The van der Waals surface area contributed by atoms with Gasteiger partial charge in [0.1, 0.15) is 5.69 Å². The Balaban J connectivity index is 1.84. The van der Waals surface area contributed by atoms with Crippen molar-refractivity contribution in [2.45, 2.75) is 53.8 Å². The van der Waals surface area contributed by atoms with Gasteiger partial charge in [-0.3, -0.25) is 4.79 Å². The molecule has 3 rings (SSSR count). The largest absolute Gasteiger partial charge is 0.450 e. The summed E-state index contributed by atoms with van der Waals surface area (Å²) in [5.41, 5.74) is 5.51. The number of nitrogens with one attached hydrogen (secondary N) is 1. The number of H-pyrrole nitrogens is 1. The molecule has 0 spiro atoms. The van der Waals surface area contributed by atoms with E-state index in [-0.39, 0.29) is 11.5 Å². The number of aliphatic hydroxyl groups is 1. The van der Waals surface area contributed by atoms with Crippen molar-refractivity contribution >= 4 is 11.8 Å². The van der Waals surface area contributed by atoms with Gasteiger partial charge in [-0.05, 0) is 65.3 Å². The van der Waals surface area contributed by atoms with Gasteiger partial charge in [0.15, 0.2) is 6.10 Å². The first-order valence-corrected chi connectivity index (χ1v) is 10.00. The maximum absolute atomic E-state index is 13.1. The molecule has 1 aromatic carbocycles. The van der Waals surface area contributed by atoms with Crippen LogP contribution in [0.1, 0.15) is 69.0 Å². The molecule has 0 unspecified atom stereocenters. The highest BCUT2D eigenvalue weighted by atomic mass is 16.5. The molecule has 0 bridgehead atoms. The van der Waals surface area contributed by atoms with Crippen LogP contribution in [-0.2, 0) is 4.74 Å². The number of nitrogens with zero attached hydrogens (tertiary/aromatic N) is 1. The van der Waals surface area contributed by atoms with Crippen molar-refractivity contribution in [1.29, 1.82) is 0 Å². The first kappa shape index (κ1) is 21.6. The van der Waals surface area contributed by atoms with E-state index in [1.807, 2.05) is 54.8 Å². The van der Waals surface area contributed by atoms with Crippen LogP contribution in [0.25, 0.3) is 5.69 Å². The maximum atomic E-state index is 13.1. The number of carbonyl (C=O) groups excluding carboxylic acids is 2. The minimum atomic E-state index is -0.944. The Kier molecular flexibility index (Phi) is 5.99. The third kappa shape index (κ3) is 3.83. The predicted molar refractivity (Wildman–Crippen MR) is 115 cm³/mol. The second-order valence-corrected chi connectivity index (χ2v) is 7.71. The maximum Gasteiger partial charge on any atom is 0.355 e. The summed E-state index contributed by atoms with van der Waals surface area (Å²) >= 11 is 0. The van der Waals surface area contributed by atoms with Crippen molar-refractivity contribution in [3.05, 3.63) is 75.9 Å². The number of Topliss-reactive ketones (excluding diaryl/α,β-unsaturated/α-hetero) is 1. The van der Waals surface area contributed by atoms with Crippen LogP contribution in [0.4, 0.5) is 0 Å². The van der Waals surface area contributed by atoms with E-state index in [2.05, 4.69) is 4.98 Å². The van der Waals surface area contributed by atoms with E-state index in [4.69, 9.17) is 4.74 Å². The van der Waals surface area contributed by atoms with Gasteiger partial charge in [0.25, 0.3) is 0 Å². The predicted octanol–water partition coefficient (Wildman–Crippen LogP) is 4.52. The van der Waals surface area contributed by atoms with Crippen LogP contribution in [0.3, 0.4) is 0 Å². The quantitative estimate of drug-likeness (QED) is 0.464. The molecule has 2 N–H and O–H groups in total. The summed E-state index contributed by atoms with van der Waals surface area (Å²) in [4.78, 5) is 28.7. The number of esters is 1. The number of aryl methyl sites for hydroxylation is 2. The lowest BCUT2D eigenvalue weighted by atomic mass is 10.1. The van der Waals surface area contributed by atoms with E-state index >= 15 is 0 Å². The molecule has 0 aliphatic carbocycles. The fourth-order valence-corrected chi connectivity index (χ4v) is 4.07. The Labute approximate surface area is 176 Å². The zero-order chi connectivity index (χ0) is 22.2. The highest BCUT2D eigenvalue weighted by molar-refractivity contribution is 6.02. The van der Waals surface area contributed by atoms with E-state index < -0.39 is 18.2 Å². The molecule has 6 heteroatoms. The van der Waals surface area contributed by atoms with Crippen molar-refractivity contribution in [3.63, 3.8) is 0 Å². The van der Waals surface area contributed by atoms with E-state index in [0.29, 0.717) is 22.4 Å². The number of ketones is 1. The first-order valence-electron chi connectivity index (χ1n) is 10.00. The second-order valence-electron chi connectivity index (χ2n) is 7.71. The summed E-state index contributed by atoms with van der Waals surface area (Å²) in [5.74, 6) is -0.865. The Morgan fingerprint density at radius 3 is 2.27 bits per heavy atom. The van der Waals surface area contributed by atoms with Crippen molar-refractivity contribution in [1.82, 2.24) is 9.55 Å². The van der Waals surface area contributed by atoms with E-state index in [9.17, 15) is 14.7 Å². The lowest BCUT2D eigenvalue weighted by Crippen LogP contribution is -2.25. The second kappa shape index (κ2) is 8.32. The summed E-state index contributed by atoms with van der Waals surface area (Å²) < 4.78 is 7.49. The van der Waals surface area contributed by atoms with E-state index in [0.717, 1.165) is 17.1 Å². The van der Waals surface area contributed by atoms with E-state index in [1.165, 1.54) is 0 Å². The molecule has 0 saturated heterocycles. The van der Waals surface area contributed by atoms with Crippen LogP contribution in [-0.4, -0.2) is 32.5 Å². The Morgan fingerprint density at radius 1 is 1.07 bits per heavy atom.